The summed E-state index contributed by atoms with van der Waals surface area (Å²) in [6, 6.07) is 2.82. The van der Waals surface area contributed by atoms with Gasteiger partial charge in [-0.3, -0.25) is 14.7 Å². The number of nitrogens with zero attached hydrogens (tertiary/aromatic N) is 4. The third-order valence-corrected chi connectivity index (χ3v) is 2.19. The van der Waals surface area contributed by atoms with Crippen molar-refractivity contribution in [3.63, 3.8) is 0 Å². The van der Waals surface area contributed by atoms with Crippen LogP contribution in [0.4, 0.5) is 14.5 Å². The van der Waals surface area contributed by atoms with E-state index in [1.165, 1.54) is 12.4 Å². The van der Waals surface area contributed by atoms with Gasteiger partial charge >= 0.3 is 0 Å². The molecule has 0 spiro atoms. The number of imidazole rings is 1. The standard InChI is InChI=1S/C10H4F2N4O2/c11-7-3-6(16(17)18)4-8(12)10(7)15-2-1-14-9(15)5-13/h1-4H. The van der Waals surface area contributed by atoms with E-state index in [9.17, 15) is 18.9 Å². The lowest BCUT2D eigenvalue weighted by molar-refractivity contribution is -0.385. The minimum Gasteiger partial charge on any atom is -0.286 e. The molecule has 1 aromatic carbocycles. The molecule has 1 aromatic heterocycles. The molecule has 0 radical (unpaired) electrons. The molecule has 0 atom stereocenters. The Bertz CT molecular complexity index is 652. The fraction of sp³-hybridized carbons (Fsp3) is 0. The van der Waals surface area contributed by atoms with Gasteiger partial charge in [0.15, 0.2) is 11.6 Å². The van der Waals surface area contributed by atoms with Gasteiger partial charge in [-0.25, -0.2) is 13.8 Å². The maximum Gasteiger partial charge on any atom is 0.275 e. The monoisotopic (exact) mass is 250 g/mol. The Morgan fingerprint density at radius 3 is 2.50 bits per heavy atom. The highest BCUT2D eigenvalue weighted by Crippen LogP contribution is 2.24. The fourth-order valence-corrected chi connectivity index (χ4v) is 1.45. The second-order valence-corrected chi connectivity index (χ2v) is 3.25. The van der Waals surface area contributed by atoms with Gasteiger partial charge in [0.05, 0.1) is 17.1 Å². The molecule has 0 fully saturated rings. The van der Waals surface area contributed by atoms with Gasteiger partial charge in [0.25, 0.3) is 5.69 Å². The fourth-order valence-electron chi connectivity index (χ4n) is 1.45. The molecular formula is C10H4F2N4O2. The predicted octanol–water partition coefficient (Wildman–Crippen LogP) is 1.93. The van der Waals surface area contributed by atoms with E-state index in [-0.39, 0.29) is 5.82 Å². The number of halogens is 2. The minimum atomic E-state index is -1.14. The molecular weight excluding hydrogens is 246 g/mol. The van der Waals surface area contributed by atoms with Crippen LogP contribution in [0.5, 0.6) is 0 Å². The number of nitro groups is 1. The molecule has 0 bridgehead atoms. The smallest absolute Gasteiger partial charge is 0.275 e. The van der Waals surface area contributed by atoms with Crippen molar-refractivity contribution in [2.45, 2.75) is 0 Å². The van der Waals surface area contributed by atoms with Gasteiger partial charge in [-0.2, -0.15) is 5.26 Å². The Balaban J connectivity index is 2.67. The quantitative estimate of drug-likeness (QED) is 0.602. The number of benzene rings is 1. The Hall–Kier alpha value is -2.82. The molecule has 1 heterocycles. The average molecular weight is 250 g/mol. The van der Waals surface area contributed by atoms with Gasteiger partial charge in [-0.1, -0.05) is 0 Å². The number of nitriles is 1. The largest absolute Gasteiger partial charge is 0.286 e. The Morgan fingerprint density at radius 2 is 2.00 bits per heavy atom. The van der Waals surface area contributed by atoms with E-state index in [4.69, 9.17) is 5.26 Å². The predicted molar refractivity (Wildman–Crippen MR) is 54.8 cm³/mol. The minimum absolute atomic E-state index is 0.221. The first kappa shape index (κ1) is 11.7. The zero-order chi connectivity index (χ0) is 13.3. The summed E-state index contributed by atoms with van der Waals surface area (Å²) in [5, 5.41) is 19.1. The maximum absolute atomic E-state index is 13.6. The van der Waals surface area contributed by atoms with Crippen molar-refractivity contribution in [2.24, 2.45) is 0 Å². The zero-order valence-corrected chi connectivity index (χ0v) is 8.67. The van der Waals surface area contributed by atoms with Crippen LogP contribution in [0.3, 0.4) is 0 Å². The van der Waals surface area contributed by atoms with E-state index >= 15 is 0 Å². The van der Waals surface area contributed by atoms with Crippen LogP contribution in [0.15, 0.2) is 24.5 Å². The second-order valence-electron chi connectivity index (χ2n) is 3.25. The summed E-state index contributed by atoms with van der Waals surface area (Å²) in [6.45, 7) is 0. The normalized spacial score (nSPS) is 10.1. The van der Waals surface area contributed by atoms with Gasteiger partial charge in [-0.05, 0) is 0 Å². The number of aromatic nitrogens is 2. The summed E-state index contributed by atoms with van der Waals surface area (Å²) < 4.78 is 28.2. The van der Waals surface area contributed by atoms with Gasteiger partial charge in [0.1, 0.15) is 11.8 Å². The summed E-state index contributed by atoms with van der Waals surface area (Å²) in [7, 11) is 0. The summed E-state index contributed by atoms with van der Waals surface area (Å²) in [5.41, 5.74) is -1.28. The van der Waals surface area contributed by atoms with E-state index in [2.05, 4.69) is 4.98 Å². The maximum atomic E-state index is 13.6. The molecule has 0 saturated heterocycles. The molecule has 0 unspecified atom stereocenters. The first-order valence-electron chi connectivity index (χ1n) is 4.62. The second kappa shape index (κ2) is 4.21. The van der Waals surface area contributed by atoms with Crippen LogP contribution in [-0.4, -0.2) is 14.5 Å². The lowest BCUT2D eigenvalue weighted by atomic mass is 10.2. The van der Waals surface area contributed by atoms with Gasteiger partial charge in [0.2, 0.25) is 5.82 Å². The van der Waals surface area contributed by atoms with Crippen molar-refractivity contribution in [1.82, 2.24) is 9.55 Å². The van der Waals surface area contributed by atoms with Crippen LogP contribution in [0, 0.1) is 33.1 Å². The SMILES string of the molecule is N#Cc1nccn1-c1c(F)cc([N+](=O)[O-])cc1F. The number of rotatable bonds is 2. The molecule has 90 valence electrons. The van der Waals surface area contributed by atoms with E-state index in [0.29, 0.717) is 12.1 Å². The molecule has 0 N–H and O–H groups in total. The van der Waals surface area contributed by atoms with Crippen LogP contribution in [0.1, 0.15) is 5.82 Å². The van der Waals surface area contributed by atoms with E-state index in [1.54, 1.807) is 6.07 Å². The number of nitro benzene ring substituents is 1. The highest BCUT2D eigenvalue weighted by Gasteiger charge is 2.20. The molecule has 0 saturated carbocycles. The molecule has 8 heteroatoms. The number of hydrogen-bond donors (Lipinski definition) is 0. The molecule has 0 aliphatic carbocycles. The van der Waals surface area contributed by atoms with Crippen molar-refractivity contribution >= 4 is 5.69 Å². The van der Waals surface area contributed by atoms with Gasteiger partial charge in [-0.15, -0.1) is 0 Å². The molecule has 0 aliphatic rings. The molecule has 0 amide bonds. The van der Waals surface area contributed by atoms with Crippen LogP contribution in [0.25, 0.3) is 5.69 Å². The Labute approximate surface area is 98.9 Å². The Kier molecular flexibility index (Phi) is 2.73. The van der Waals surface area contributed by atoms with E-state index in [1.807, 2.05) is 0 Å². The summed E-state index contributed by atoms with van der Waals surface area (Å²) in [4.78, 5) is 13.1. The third kappa shape index (κ3) is 1.78. The van der Waals surface area contributed by atoms with Crippen molar-refractivity contribution < 1.29 is 13.7 Å². The molecule has 6 nitrogen and oxygen atoms in total. The van der Waals surface area contributed by atoms with Crippen LogP contribution in [-0.2, 0) is 0 Å². The van der Waals surface area contributed by atoms with Crippen LogP contribution in [0.2, 0.25) is 0 Å². The summed E-state index contributed by atoms with van der Waals surface area (Å²) in [5.74, 6) is -2.51. The highest BCUT2D eigenvalue weighted by molar-refractivity contribution is 5.45. The lowest BCUT2D eigenvalue weighted by Gasteiger charge is -2.06. The topological polar surface area (TPSA) is 84.8 Å². The van der Waals surface area contributed by atoms with Gasteiger partial charge in [0, 0.05) is 12.4 Å². The lowest BCUT2D eigenvalue weighted by Crippen LogP contribution is -2.04. The van der Waals surface area contributed by atoms with E-state index < -0.39 is 27.9 Å². The van der Waals surface area contributed by atoms with Crippen molar-refractivity contribution in [1.29, 1.82) is 5.26 Å². The molecule has 2 rings (SSSR count). The van der Waals surface area contributed by atoms with Gasteiger partial charge < -0.3 is 0 Å². The average Bonchev–Trinajstić information content (AvgIpc) is 2.76. The Morgan fingerprint density at radius 1 is 1.39 bits per heavy atom. The van der Waals surface area contributed by atoms with Crippen LogP contribution < -0.4 is 0 Å². The van der Waals surface area contributed by atoms with Crippen molar-refractivity contribution in [3.8, 4) is 11.8 Å². The zero-order valence-electron chi connectivity index (χ0n) is 8.67. The van der Waals surface area contributed by atoms with Crippen molar-refractivity contribution in [3.05, 3.63) is 52.1 Å². The number of non-ortho nitro benzene ring substituents is 1. The van der Waals surface area contributed by atoms with E-state index in [0.717, 1.165) is 4.57 Å². The summed E-state index contributed by atoms with van der Waals surface area (Å²) in [6.07, 6.45) is 2.38. The van der Waals surface area contributed by atoms with Crippen molar-refractivity contribution in [2.75, 3.05) is 0 Å². The number of hydrogen-bond acceptors (Lipinski definition) is 4. The first-order chi connectivity index (χ1) is 8.54. The third-order valence-electron chi connectivity index (χ3n) is 2.19. The molecule has 18 heavy (non-hydrogen) atoms. The van der Waals surface area contributed by atoms with Crippen LogP contribution >= 0.6 is 0 Å². The highest BCUT2D eigenvalue weighted by atomic mass is 19.1. The summed E-state index contributed by atoms with van der Waals surface area (Å²) >= 11 is 0. The molecule has 0 aliphatic heterocycles. The molecule has 2 aromatic rings. The first-order valence-corrected chi connectivity index (χ1v) is 4.62.